The predicted octanol–water partition coefficient (Wildman–Crippen LogP) is 0.544. The summed E-state index contributed by atoms with van der Waals surface area (Å²) in [7, 11) is 2.14. The van der Waals surface area contributed by atoms with Crippen LogP contribution in [0, 0.1) is 11.3 Å². The zero-order valence-electron chi connectivity index (χ0n) is 8.16. The number of hydrogen-bond acceptors (Lipinski definition) is 3. The first-order chi connectivity index (χ1) is 6.27. The molecule has 0 unspecified atom stereocenters. The molecular formula is C10H17NO2. The zero-order valence-corrected chi connectivity index (χ0v) is 8.16. The topological polar surface area (TPSA) is 29.5 Å². The summed E-state index contributed by atoms with van der Waals surface area (Å²) >= 11 is 0. The Balaban J connectivity index is 1.96. The van der Waals surface area contributed by atoms with E-state index < -0.39 is 0 Å². The zero-order chi connectivity index (χ0) is 9.31. The predicted molar refractivity (Wildman–Crippen MR) is 49.5 cm³/mol. The smallest absolute Gasteiger partial charge is 0.131 e. The van der Waals surface area contributed by atoms with Crippen molar-refractivity contribution in [3.63, 3.8) is 0 Å². The summed E-state index contributed by atoms with van der Waals surface area (Å²) in [4.78, 5) is 13.3. The van der Waals surface area contributed by atoms with Gasteiger partial charge in [0.25, 0.3) is 0 Å². The maximum atomic E-state index is 11.0. The molecular weight excluding hydrogens is 166 g/mol. The van der Waals surface area contributed by atoms with Gasteiger partial charge in [0.2, 0.25) is 0 Å². The summed E-state index contributed by atoms with van der Waals surface area (Å²) in [6.07, 6.45) is 3.43. The Bertz CT molecular complexity index is 193. The molecule has 0 bridgehead atoms. The standard InChI is InChI=1S/C10H17NO2/c1-11-4-2-9(3-5-11)10(6-12)7-13-8-10/h6,9H,2-5,7-8H2,1H3. The summed E-state index contributed by atoms with van der Waals surface area (Å²) < 4.78 is 5.16. The Morgan fingerprint density at radius 2 is 2.00 bits per heavy atom. The van der Waals surface area contributed by atoms with Crippen LogP contribution in [0.15, 0.2) is 0 Å². The minimum atomic E-state index is -0.110. The summed E-state index contributed by atoms with van der Waals surface area (Å²) in [5.74, 6) is 0.565. The van der Waals surface area contributed by atoms with Gasteiger partial charge in [-0.25, -0.2) is 0 Å². The highest BCUT2D eigenvalue weighted by molar-refractivity contribution is 5.61. The van der Waals surface area contributed by atoms with Crippen LogP contribution in [-0.2, 0) is 9.53 Å². The summed E-state index contributed by atoms with van der Waals surface area (Å²) in [5.41, 5.74) is -0.110. The second-order valence-corrected chi connectivity index (χ2v) is 4.42. The number of carbonyl (C=O) groups excluding carboxylic acids is 1. The number of hydrogen-bond donors (Lipinski definition) is 0. The van der Waals surface area contributed by atoms with Crippen molar-refractivity contribution in [3.8, 4) is 0 Å². The number of aldehydes is 1. The lowest BCUT2D eigenvalue weighted by molar-refractivity contribution is -0.164. The molecule has 0 aromatic carbocycles. The second kappa shape index (κ2) is 3.39. The van der Waals surface area contributed by atoms with E-state index in [4.69, 9.17) is 4.74 Å². The van der Waals surface area contributed by atoms with Crippen molar-refractivity contribution in [2.45, 2.75) is 12.8 Å². The Labute approximate surface area is 79.0 Å². The fraction of sp³-hybridized carbons (Fsp3) is 0.900. The van der Waals surface area contributed by atoms with E-state index in [0.29, 0.717) is 19.1 Å². The van der Waals surface area contributed by atoms with Gasteiger partial charge in [-0.1, -0.05) is 0 Å². The average Bonchev–Trinajstić information content (AvgIpc) is 2.07. The van der Waals surface area contributed by atoms with E-state index in [-0.39, 0.29) is 5.41 Å². The van der Waals surface area contributed by atoms with Crippen molar-refractivity contribution in [2.24, 2.45) is 11.3 Å². The lowest BCUT2D eigenvalue weighted by Crippen LogP contribution is -2.52. The van der Waals surface area contributed by atoms with Gasteiger partial charge in [0, 0.05) is 0 Å². The minimum Gasteiger partial charge on any atom is -0.379 e. The molecule has 0 aromatic rings. The molecule has 2 aliphatic rings. The van der Waals surface area contributed by atoms with Crippen molar-refractivity contribution in [1.29, 1.82) is 0 Å². The highest BCUT2D eigenvalue weighted by atomic mass is 16.5. The SMILES string of the molecule is CN1CCC(C2(C=O)COC2)CC1. The number of nitrogens with zero attached hydrogens (tertiary/aromatic N) is 1. The molecule has 2 rings (SSSR count). The number of piperidine rings is 1. The number of rotatable bonds is 2. The van der Waals surface area contributed by atoms with Crippen LogP contribution in [0.5, 0.6) is 0 Å². The van der Waals surface area contributed by atoms with E-state index in [1.807, 2.05) is 0 Å². The molecule has 0 aromatic heterocycles. The minimum absolute atomic E-state index is 0.110. The van der Waals surface area contributed by atoms with Crippen molar-refractivity contribution in [3.05, 3.63) is 0 Å². The first kappa shape index (κ1) is 9.16. The number of carbonyl (C=O) groups is 1. The second-order valence-electron chi connectivity index (χ2n) is 4.42. The third kappa shape index (κ3) is 1.51. The highest BCUT2D eigenvalue weighted by Crippen LogP contribution is 2.39. The Morgan fingerprint density at radius 1 is 1.38 bits per heavy atom. The molecule has 74 valence electrons. The first-order valence-corrected chi connectivity index (χ1v) is 4.99. The maximum Gasteiger partial charge on any atom is 0.131 e. The molecule has 0 radical (unpaired) electrons. The largest absolute Gasteiger partial charge is 0.379 e. The molecule has 0 spiro atoms. The maximum absolute atomic E-state index is 11.0. The average molecular weight is 183 g/mol. The van der Waals surface area contributed by atoms with E-state index in [2.05, 4.69) is 11.9 Å². The van der Waals surface area contributed by atoms with Gasteiger partial charge in [-0.2, -0.15) is 0 Å². The van der Waals surface area contributed by atoms with Crippen molar-refractivity contribution >= 4 is 6.29 Å². The normalized spacial score (nSPS) is 29.6. The van der Waals surface area contributed by atoms with E-state index in [1.54, 1.807) is 0 Å². The summed E-state index contributed by atoms with van der Waals surface area (Å²) in [6, 6.07) is 0. The van der Waals surface area contributed by atoms with E-state index in [9.17, 15) is 4.79 Å². The van der Waals surface area contributed by atoms with Gasteiger partial charge < -0.3 is 14.4 Å². The molecule has 0 atom stereocenters. The van der Waals surface area contributed by atoms with Crippen LogP contribution in [0.25, 0.3) is 0 Å². The van der Waals surface area contributed by atoms with Crippen molar-refractivity contribution in [2.75, 3.05) is 33.4 Å². The summed E-state index contributed by atoms with van der Waals surface area (Å²) in [6.45, 7) is 3.57. The monoisotopic (exact) mass is 183 g/mol. The van der Waals surface area contributed by atoms with Crippen LogP contribution in [0.4, 0.5) is 0 Å². The van der Waals surface area contributed by atoms with E-state index in [1.165, 1.54) is 0 Å². The van der Waals surface area contributed by atoms with Gasteiger partial charge in [-0.15, -0.1) is 0 Å². The molecule has 0 saturated carbocycles. The first-order valence-electron chi connectivity index (χ1n) is 4.99. The molecule has 2 heterocycles. The number of likely N-dealkylation sites (tertiary alicyclic amines) is 1. The van der Waals surface area contributed by atoms with Crippen LogP contribution in [0.3, 0.4) is 0 Å². The summed E-state index contributed by atoms with van der Waals surface area (Å²) in [5, 5.41) is 0. The molecule has 2 fully saturated rings. The molecule has 0 N–H and O–H groups in total. The Morgan fingerprint density at radius 3 is 2.38 bits per heavy atom. The van der Waals surface area contributed by atoms with Crippen molar-refractivity contribution < 1.29 is 9.53 Å². The third-order valence-electron chi connectivity index (χ3n) is 3.51. The van der Waals surface area contributed by atoms with Crippen LogP contribution in [0.2, 0.25) is 0 Å². The van der Waals surface area contributed by atoms with Crippen molar-refractivity contribution in [1.82, 2.24) is 4.90 Å². The molecule has 3 nitrogen and oxygen atoms in total. The van der Waals surface area contributed by atoms with Crippen LogP contribution >= 0.6 is 0 Å². The van der Waals surface area contributed by atoms with Gasteiger partial charge in [0.05, 0.1) is 18.6 Å². The van der Waals surface area contributed by atoms with Gasteiger partial charge in [0.15, 0.2) is 0 Å². The molecule has 2 aliphatic heterocycles. The number of ether oxygens (including phenoxy) is 1. The van der Waals surface area contributed by atoms with Gasteiger partial charge in [0.1, 0.15) is 6.29 Å². The third-order valence-corrected chi connectivity index (χ3v) is 3.51. The lowest BCUT2D eigenvalue weighted by Gasteiger charge is -2.45. The van der Waals surface area contributed by atoms with E-state index in [0.717, 1.165) is 32.2 Å². The van der Waals surface area contributed by atoms with Crippen LogP contribution in [0.1, 0.15) is 12.8 Å². The highest BCUT2D eigenvalue weighted by Gasteiger charge is 2.46. The molecule has 13 heavy (non-hydrogen) atoms. The molecule has 3 heteroatoms. The Hall–Kier alpha value is -0.410. The molecule has 2 saturated heterocycles. The fourth-order valence-electron chi connectivity index (χ4n) is 2.32. The quantitative estimate of drug-likeness (QED) is 0.585. The van der Waals surface area contributed by atoms with Gasteiger partial charge >= 0.3 is 0 Å². The Kier molecular flexibility index (Phi) is 2.39. The fourth-order valence-corrected chi connectivity index (χ4v) is 2.32. The van der Waals surface area contributed by atoms with Crippen LogP contribution < -0.4 is 0 Å². The molecule has 0 amide bonds. The lowest BCUT2D eigenvalue weighted by atomic mass is 9.70. The van der Waals surface area contributed by atoms with Crippen LogP contribution in [-0.4, -0.2) is 44.5 Å². The van der Waals surface area contributed by atoms with Gasteiger partial charge in [-0.3, -0.25) is 0 Å². The van der Waals surface area contributed by atoms with E-state index >= 15 is 0 Å². The molecule has 0 aliphatic carbocycles. The van der Waals surface area contributed by atoms with Gasteiger partial charge in [-0.05, 0) is 38.9 Å².